The normalized spacial score (nSPS) is 14.6. The molecule has 3 nitrogen and oxygen atoms in total. The van der Waals surface area contributed by atoms with Crippen molar-refractivity contribution in [2.24, 2.45) is 0 Å². The third-order valence-electron chi connectivity index (χ3n) is 2.88. The van der Waals surface area contributed by atoms with Gasteiger partial charge in [-0.25, -0.2) is 14.4 Å². The molecule has 0 amide bonds. The Morgan fingerprint density at radius 3 is 2.24 bits per heavy atom. The van der Waals surface area contributed by atoms with Crippen molar-refractivity contribution in [1.29, 1.82) is 0 Å². The molecule has 2 aromatic rings. The first kappa shape index (κ1) is 10.2. The van der Waals surface area contributed by atoms with E-state index in [1.54, 1.807) is 0 Å². The Kier molecular flexibility index (Phi) is 2.48. The highest BCUT2D eigenvalue weighted by Crippen LogP contribution is 2.24. The lowest BCUT2D eigenvalue weighted by molar-refractivity contribution is 0.195. The zero-order chi connectivity index (χ0) is 11.7. The van der Waals surface area contributed by atoms with E-state index in [4.69, 9.17) is 4.74 Å². The maximum atomic E-state index is 12.6. The highest BCUT2D eigenvalue weighted by atomic mass is 19.1. The predicted molar refractivity (Wildman–Crippen MR) is 60.3 cm³/mol. The van der Waals surface area contributed by atoms with E-state index in [2.05, 4.69) is 22.1 Å². The summed E-state index contributed by atoms with van der Waals surface area (Å²) >= 11 is 0. The van der Waals surface area contributed by atoms with Gasteiger partial charge in [-0.1, -0.05) is 24.3 Å². The Bertz CT molecular complexity index is 502. The van der Waals surface area contributed by atoms with E-state index in [9.17, 15) is 4.39 Å². The Labute approximate surface area is 98.3 Å². The summed E-state index contributed by atoms with van der Waals surface area (Å²) in [4.78, 5) is 7.59. The van der Waals surface area contributed by atoms with Gasteiger partial charge in [0.2, 0.25) is 0 Å². The van der Waals surface area contributed by atoms with Gasteiger partial charge < -0.3 is 4.74 Å². The molecule has 86 valence electrons. The van der Waals surface area contributed by atoms with E-state index >= 15 is 0 Å². The van der Waals surface area contributed by atoms with E-state index in [0.717, 1.165) is 25.2 Å². The van der Waals surface area contributed by atoms with E-state index in [1.165, 1.54) is 11.1 Å². The summed E-state index contributed by atoms with van der Waals surface area (Å²) in [6, 6.07) is 8.49. The van der Waals surface area contributed by atoms with Crippen LogP contribution in [-0.2, 0) is 12.8 Å². The molecule has 1 aromatic carbocycles. The zero-order valence-corrected chi connectivity index (χ0v) is 9.14. The van der Waals surface area contributed by atoms with Crippen LogP contribution < -0.4 is 4.74 Å². The number of hydrogen-bond donors (Lipinski definition) is 0. The number of hydrogen-bond acceptors (Lipinski definition) is 3. The average Bonchev–Trinajstić information content (AvgIpc) is 2.74. The fourth-order valence-electron chi connectivity index (χ4n) is 2.11. The molecule has 0 bridgehead atoms. The van der Waals surface area contributed by atoms with Gasteiger partial charge in [-0.3, -0.25) is 0 Å². The number of fused-ring (bicyclic) bond motifs is 1. The summed E-state index contributed by atoms with van der Waals surface area (Å²) in [6.45, 7) is 0. The molecule has 0 N–H and O–H groups in total. The van der Waals surface area contributed by atoms with Gasteiger partial charge in [-0.15, -0.1) is 0 Å². The molecule has 0 fully saturated rings. The first-order valence-electron chi connectivity index (χ1n) is 5.52. The van der Waals surface area contributed by atoms with E-state index in [1.807, 2.05) is 12.1 Å². The molecule has 1 aliphatic carbocycles. The molecular weight excluding hydrogens is 219 g/mol. The van der Waals surface area contributed by atoms with Crippen LogP contribution in [0.1, 0.15) is 11.1 Å². The number of nitrogens with zero attached hydrogens (tertiary/aromatic N) is 2. The lowest BCUT2D eigenvalue weighted by atomic mass is 10.1. The van der Waals surface area contributed by atoms with Crippen LogP contribution in [-0.4, -0.2) is 16.1 Å². The summed E-state index contributed by atoms with van der Waals surface area (Å²) in [7, 11) is 0. The van der Waals surface area contributed by atoms with Crippen molar-refractivity contribution < 1.29 is 9.13 Å². The molecule has 1 aliphatic rings. The third-order valence-corrected chi connectivity index (χ3v) is 2.88. The first-order valence-corrected chi connectivity index (χ1v) is 5.52. The molecule has 0 unspecified atom stereocenters. The maximum Gasteiger partial charge on any atom is 0.316 e. The summed E-state index contributed by atoms with van der Waals surface area (Å²) in [5, 5.41) is 0. The Hall–Kier alpha value is -1.97. The molecule has 17 heavy (non-hydrogen) atoms. The minimum Gasteiger partial charge on any atom is -0.459 e. The number of aromatic nitrogens is 2. The fraction of sp³-hybridized carbons (Fsp3) is 0.231. The molecule has 0 aliphatic heterocycles. The van der Waals surface area contributed by atoms with Crippen LogP contribution in [0.25, 0.3) is 0 Å². The van der Waals surface area contributed by atoms with Crippen molar-refractivity contribution in [2.45, 2.75) is 18.9 Å². The van der Waals surface area contributed by atoms with E-state index in [0.29, 0.717) is 0 Å². The Morgan fingerprint density at radius 2 is 1.65 bits per heavy atom. The van der Waals surface area contributed by atoms with Gasteiger partial charge in [-0.2, -0.15) is 0 Å². The summed E-state index contributed by atoms with van der Waals surface area (Å²) in [5.41, 5.74) is 2.61. The van der Waals surface area contributed by atoms with Crippen LogP contribution in [0.3, 0.4) is 0 Å². The molecule has 4 heteroatoms. The van der Waals surface area contributed by atoms with Gasteiger partial charge in [0.05, 0.1) is 12.4 Å². The van der Waals surface area contributed by atoms with Crippen LogP contribution in [0.5, 0.6) is 6.01 Å². The third kappa shape index (κ3) is 2.11. The van der Waals surface area contributed by atoms with Crippen LogP contribution in [0.15, 0.2) is 36.7 Å². The molecule has 0 saturated carbocycles. The second-order valence-electron chi connectivity index (χ2n) is 4.10. The van der Waals surface area contributed by atoms with Crippen molar-refractivity contribution in [3.05, 3.63) is 53.6 Å². The topological polar surface area (TPSA) is 35.0 Å². The lowest BCUT2D eigenvalue weighted by Crippen LogP contribution is -2.17. The van der Waals surface area contributed by atoms with Crippen molar-refractivity contribution in [1.82, 2.24) is 9.97 Å². The van der Waals surface area contributed by atoms with Crippen LogP contribution in [0, 0.1) is 5.82 Å². The van der Waals surface area contributed by atoms with Crippen LogP contribution in [0.2, 0.25) is 0 Å². The summed E-state index contributed by atoms with van der Waals surface area (Å²) in [6.07, 6.45) is 4.00. The Morgan fingerprint density at radius 1 is 1.06 bits per heavy atom. The molecule has 0 atom stereocenters. The zero-order valence-electron chi connectivity index (χ0n) is 9.14. The van der Waals surface area contributed by atoms with Crippen LogP contribution in [0.4, 0.5) is 4.39 Å². The van der Waals surface area contributed by atoms with Gasteiger partial charge in [0.15, 0.2) is 5.82 Å². The fourth-order valence-corrected chi connectivity index (χ4v) is 2.11. The number of benzene rings is 1. The molecule has 0 spiro atoms. The minimum absolute atomic E-state index is 0.0536. The summed E-state index contributed by atoms with van der Waals surface area (Å²) < 4.78 is 18.3. The molecule has 0 radical (unpaired) electrons. The smallest absolute Gasteiger partial charge is 0.316 e. The van der Waals surface area contributed by atoms with Crippen molar-refractivity contribution >= 4 is 0 Å². The van der Waals surface area contributed by atoms with E-state index in [-0.39, 0.29) is 12.1 Å². The van der Waals surface area contributed by atoms with E-state index < -0.39 is 5.82 Å². The van der Waals surface area contributed by atoms with Crippen molar-refractivity contribution in [3.8, 4) is 6.01 Å². The molecule has 1 aromatic heterocycles. The quantitative estimate of drug-likeness (QED) is 0.793. The largest absolute Gasteiger partial charge is 0.459 e. The monoisotopic (exact) mass is 230 g/mol. The Balaban J connectivity index is 1.71. The highest BCUT2D eigenvalue weighted by Gasteiger charge is 2.23. The number of ether oxygens (including phenoxy) is 1. The van der Waals surface area contributed by atoms with Gasteiger partial charge in [0, 0.05) is 12.8 Å². The average molecular weight is 230 g/mol. The first-order chi connectivity index (χ1) is 8.31. The van der Waals surface area contributed by atoms with Gasteiger partial charge >= 0.3 is 6.01 Å². The van der Waals surface area contributed by atoms with Crippen molar-refractivity contribution in [2.75, 3.05) is 0 Å². The molecule has 1 heterocycles. The van der Waals surface area contributed by atoms with Gasteiger partial charge in [0.1, 0.15) is 6.10 Å². The maximum absolute atomic E-state index is 12.6. The second kappa shape index (κ2) is 4.13. The minimum atomic E-state index is -0.452. The van der Waals surface area contributed by atoms with Gasteiger partial charge in [-0.05, 0) is 11.1 Å². The van der Waals surface area contributed by atoms with Gasteiger partial charge in [0.25, 0.3) is 0 Å². The highest BCUT2D eigenvalue weighted by molar-refractivity contribution is 5.32. The lowest BCUT2D eigenvalue weighted by Gasteiger charge is -2.10. The van der Waals surface area contributed by atoms with Crippen LogP contribution >= 0.6 is 0 Å². The predicted octanol–water partition coefficient (Wildman–Crippen LogP) is 2.16. The SMILES string of the molecule is Fc1cnc(OC2Cc3ccccc3C2)nc1. The standard InChI is InChI=1S/C13H11FN2O/c14-11-7-15-13(16-8-11)17-12-5-9-3-1-2-4-10(9)6-12/h1-4,7-8,12H,5-6H2. The second-order valence-corrected chi connectivity index (χ2v) is 4.10. The summed E-state index contributed by atoms with van der Waals surface area (Å²) in [5.74, 6) is -0.452. The van der Waals surface area contributed by atoms with Crippen molar-refractivity contribution in [3.63, 3.8) is 0 Å². The molecular formula is C13H11FN2O. The number of halogens is 1. The number of rotatable bonds is 2. The molecule has 3 rings (SSSR count). The molecule has 0 saturated heterocycles.